The molecule has 1 fully saturated rings. The molecule has 5 nitrogen and oxygen atoms in total. The van der Waals surface area contributed by atoms with E-state index in [9.17, 15) is 0 Å². The van der Waals surface area contributed by atoms with Crippen LogP contribution >= 0.6 is 0 Å². The molecule has 0 radical (unpaired) electrons. The van der Waals surface area contributed by atoms with Crippen molar-refractivity contribution in [2.45, 2.75) is 0 Å². The molecule has 0 saturated carbocycles. The van der Waals surface area contributed by atoms with Crippen molar-refractivity contribution in [1.29, 1.82) is 0 Å². The molecule has 5 heteroatoms. The van der Waals surface area contributed by atoms with E-state index in [1.807, 2.05) is 18.2 Å². The molecule has 1 aliphatic heterocycles. The normalized spacial score (nSPS) is 16.7. The van der Waals surface area contributed by atoms with Crippen LogP contribution in [0.15, 0.2) is 18.2 Å². The summed E-state index contributed by atoms with van der Waals surface area (Å²) in [6.45, 7) is 6.46. The lowest BCUT2D eigenvalue weighted by atomic mass is 10.2. The summed E-state index contributed by atoms with van der Waals surface area (Å²) in [5, 5.41) is 0. The molecule has 112 valence electrons. The number of rotatable bonds is 5. The van der Waals surface area contributed by atoms with Gasteiger partial charge in [0.25, 0.3) is 0 Å². The number of nitrogen functional groups attached to an aromatic ring is 1. The number of piperazine rings is 1. The van der Waals surface area contributed by atoms with E-state index in [1.165, 1.54) is 0 Å². The van der Waals surface area contributed by atoms with Gasteiger partial charge in [-0.3, -0.25) is 4.90 Å². The van der Waals surface area contributed by atoms with E-state index in [-0.39, 0.29) is 0 Å². The Bertz CT molecular complexity index is 428. The second-order valence-electron chi connectivity index (χ2n) is 5.56. The molecule has 1 aromatic rings. The van der Waals surface area contributed by atoms with Crippen LogP contribution in [0.3, 0.4) is 0 Å². The molecule has 2 N–H and O–H groups in total. The zero-order valence-electron chi connectivity index (χ0n) is 12.8. The number of hydrogen-bond donors (Lipinski definition) is 1. The third-order valence-corrected chi connectivity index (χ3v) is 3.81. The summed E-state index contributed by atoms with van der Waals surface area (Å²) in [4.78, 5) is 7.09. The van der Waals surface area contributed by atoms with E-state index >= 15 is 0 Å². The smallest absolute Gasteiger partial charge is 0.121 e. The average molecular weight is 278 g/mol. The molecule has 0 bridgehead atoms. The topological polar surface area (TPSA) is 45.0 Å². The summed E-state index contributed by atoms with van der Waals surface area (Å²) in [7, 11) is 5.93. The zero-order chi connectivity index (χ0) is 14.5. The van der Waals surface area contributed by atoms with Gasteiger partial charge in [-0.15, -0.1) is 0 Å². The summed E-state index contributed by atoms with van der Waals surface area (Å²) in [6, 6.07) is 5.86. The molecule has 1 aromatic carbocycles. The minimum atomic E-state index is 0.826. The predicted molar refractivity (Wildman–Crippen MR) is 84.6 cm³/mol. The second kappa shape index (κ2) is 6.81. The van der Waals surface area contributed by atoms with Crippen molar-refractivity contribution in [3.8, 4) is 5.75 Å². The molecule has 0 amide bonds. The minimum absolute atomic E-state index is 0.826. The van der Waals surface area contributed by atoms with Crippen molar-refractivity contribution in [1.82, 2.24) is 9.80 Å². The number of nitrogens with zero attached hydrogens (tertiary/aromatic N) is 3. The van der Waals surface area contributed by atoms with Gasteiger partial charge in [-0.2, -0.15) is 0 Å². The van der Waals surface area contributed by atoms with Crippen molar-refractivity contribution in [2.24, 2.45) is 0 Å². The number of ether oxygens (including phenoxy) is 1. The summed E-state index contributed by atoms with van der Waals surface area (Å²) in [5.74, 6) is 0.865. The number of benzene rings is 1. The van der Waals surface area contributed by atoms with Gasteiger partial charge in [-0.25, -0.2) is 0 Å². The van der Waals surface area contributed by atoms with Crippen LogP contribution in [0.2, 0.25) is 0 Å². The van der Waals surface area contributed by atoms with E-state index in [0.29, 0.717) is 0 Å². The highest BCUT2D eigenvalue weighted by atomic mass is 16.5. The number of methoxy groups -OCH3 is 1. The first-order valence-corrected chi connectivity index (χ1v) is 7.15. The van der Waals surface area contributed by atoms with Crippen molar-refractivity contribution in [3.05, 3.63) is 18.2 Å². The second-order valence-corrected chi connectivity index (χ2v) is 5.56. The summed E-state index contributed by atoms with van der Waals surface area (Å²) >= 11 is 0. The van der Waals surface area contributed by atoms with Crippen LogP contribution in [0.25, 0.3) is 0 Å². The minimum Gasteiger partial charge on any atom is -0.497 e. The van der Waals surface area contributed by atoms with E-state index in [2.05, 4.69) is 28.8 Å². The first-order chi connectivity index (χ1) is 9.60. The monoisotopic (exact) mass is 278 g/mol. The molecule has 0 spiro atoms. The fraction of sp³-hybridized carbons (Fsp3) is 0.600. The number of likely N-dealkylation sites (N-methyl/N-ethyl adjacent to an activating group) is 1. The van der Waals surface area contributed by atoms with Crippen LogP contribution < -0.4 is 15.4 Å². The quantitative estimate of drug-likeness (QED) is 0.813. The molecule has 0 aliphatic carbocycles. The van der Waals surface area contributed by atoms with E-state index < -0.39 is 0 Å². The van der Waals surface area contributed by atoms with Crippen LogP contribution in [0.4, 0.5) is 11.4 Å². The third kappa shape index (κ3) is 3.77. The van der Waals surface area contributed by atoms with Gasteiger partial charge in [0.05, 0.1) is 18.5 Å². The Morgan fingerprint density at radius 1 is 1.20 bits per heavy atom. The van der Waals surface area contributed by atoms with Gasteiger partial charge in [0, 0.05) is 45.3 Å². The Balaban J connectivity index is 1.93. The Hall–Kier alpha value is -1.46. The van der Waals surface area contributed by atoms with Crippen molar-refractivity contribution in [3.63, 3.8) is 0 Å². The molecule has 2 rings (SSSR count). The fourth-order valence-electron chi connectivity index (χ4n) is 2.48. The first-order valence-electron chi connectivity index (χ1n) is 7.15. The largest absolute Gasteiger partial charge is 0.497 e. The zero-order valence-corrected chi connectivity index (χ0v) is 12.8. The molecule has 0 unspecified atom stereocenters. The predicted octanol–water partition coefficient (Wildman–Crippen LogP) is 0.961. The lowest BCUT2D eigenvalue weighted by Gasteiger charge is -2.37. The number of anilines is 2. The maximum atomic E-state index is 6.09. The molecule has 0 aromatic heterocycles. The van der Waals surface area contributed by atoms with Crippen molar-refractivity contribution in [2.75, 3.05) is 71.1 Å². The summed E-state index contributed by atoms with van der Waals surface area (Å²) < 4.78 is 5.29. The molecule has 1 saturated heterocycles. The molecule has 1 heterocycles. The number of nitrogens with two attached hydrogens (primary N) is 1. The molecular formula is C15H26N4O. The van der Waals surface area contributed by atoms with Crippen LogP contribution in [0.5, 0.6) is 5.75 Å². The lowest BCUT2D eigenvalue weighted by molar-refractivity contribution is 0.229. The first kappa shape index (κ1) is 14.9. The van der Waals surface area contributed by atoms with Crippen LogP contribution in [0.1, 0.15) is 0 Å². The molecule has 0 atom stereocenters. The van der Waals surface area contributed by atoms with Gasteiger partial charge >= 0.3 is 0 Å². The lowest BCUT2D eigenvalue weighted by Crippen LogP contribution is -2.48. The number of hydrogen-bond acceptors (Lipinski definition) is 5. The van der Waals surface area contributed by atoms with Crippen LogP contribution in [-0.2, 0) is 0 Å². The van der Waals surface area contributed by atoms with E-state index in [1.54, 1.807) is 7.11 Å². The Kier molecular flexibility index (Phi) is 5.09. The summed E-state index contributed by atoms with van der Waals surface area (Å²) in [6.07, 6.45) is 0. The van der Waals surface area contributed by atoms with Gasteiger partial charge in [-0.1, -0.05) is 0 Å². The summed E-state index contributed by atoms with van der Waals surface area (Å²) in [5.41, 5.74) is 8.01. The SMILES string of the molecule is COc1ccc(N)c(N2CCN(CCN(C)C)CC2)c1. The molecule has 20 heavy (non-hydrogen) atoms. The van der Waals surface area contributed by atoms with Gasteiger partial charge in [0.15, 0.2) is 0 Å². The van der Waals surface area contributed by atoms with Gasteiger partial charge in [0.2, 0.25) is 0 Å². The third-order valence-electron chi connectivity index (χ3n) is 3.81. The highest BCUT2D eigenvalue weighted by Gasteiger charge is 2.18. The van der Waals surface area contributed by atoms with Gasteiger partial charge in [0.1, 0.15) is 5.75 Å². The fourth-order valence-corrected chi connectivity index (χ4v) is 2.48. The van der Waals surface area contributed by atoms with Crippen molar-refractivity contribution < 1.29 is 4.74 Å². The van der Waals surface area contributed by atoms with E-state index in [0.717, 1.165) is 56.4 Å². The average Bonchev–Trinajstić information content (AvgIpc) is 2.46. The Morgan fingerprint density at radius 2 is 1.90 bits per heavy atom. The molecular weight excluding hydrogens is 252 g/mol. The van der Waals surface area contributed by atoms with Crippen LogP contribution in [0, 0.1) is 0 Å². The standard InChI is InChI=1S/C15H26N4O/c1-17(2)6-7-18-8-10-19(11-9-18)15-12-13(20-3)4-5-14(15)16/h4-5,12H,6-11,16H2,1-3H3. The maximum Gasteiger partial charge on any atom is 0.121 e. The highest BCUT2D eigenvalue weighted by Crippen LogP contribution is 2.28. The van der Waals surface area contributed by atoms with Gasteiger partial charge < -0.3 is 20.3 Å². The van der Waals surface area contributed by atoms with Crippen molar-refractivity contribution >= 4 is 11.4 Å². The highest BCUT2D eigenvalue weighted by molar-refractivity contribution is 5.69. The van der Waals surface area contributed by atoms with E-state index in [4.69, 9.17) is 10.5 Å². The molecule has 1 aliphatic rings. The maximum absolute atomic E-state index is 6.09. The van der Waals surface area contributed by atoms with Crippen LogP contribution in [-0.4, -0.2) is 70.3 Å². The van der Waals surface area contributed by atoms with Gasteiger partial charge in [-0.05, 0) is 26.2 Å². The Morgan fingerprint density at radius 3 is 2.50 bits per heavy atom. The Labute approximate surface area is 121 Å².